The summed E-state index contributed by atoms with van der Waals surface area (Å²) in [7, 11) is 0. The van der Waals surface area contributed by atoms with Crippen molar-refractivity contribution in [1.29, 1.82) is 0 Å². The van der Waals surface area contributed by atoms with Crippen molar-refractivity contribution in [3.63, 3.8) is 0 Å². The number of carbonyl (C=O) groups is 1. The van der Waals surface area contributed by atoms with Gasteiger partial charge in [0.25, 0.3) is 11.6 Å². The number of nitrogens with zero attached hydrogens (tertiary/aromatic N) is 3. The number of aromatic nitrogens is 1. The Morgan fingerprint density at radius 1 is 1.09 bits per heavy atom. The van der Waals surface area contributed by atoms with E-state index in [1.54, 1.807) is 12.1 Å². The zero-order valence-electron chi connectivity index (χ0n) is 16.6. The number of amides is 1. The van der Waals surface area contributed by atoms with E-state index >= 15 is 0 Å². The van der Waals surface area contributed by atoms with Crippen LogP contribution in [-0.4, -0.2) is 15.8 Å². The molecule has 5 rings (SSSR count). The molecule has 1 aliphatic rings. The van der Waals surface area contributed by atoms with E-state index in [0.717, 1.165) is 17.7 Å². The minimum atomic E-state index is -0.948. The Morgan fingerprint density at radius 2 is 1.84 bits per heavy atom. The van der Waals surface area contributed by atoms with Crippen LogP contribution in [0.15, 0.2) is 70.0 Å². The molecule has 1 atom stereocenters. The first-order chi connectivity index (χ1) is 15.3. The fraction of sp³-hybridized carbons (Fsp3) is 0.0870. The van der Waals surface area contributed by atoms with Crippen molar-refractivity contribution in [2.45, 2.75) is 13.0 Å². The Hall–Kier alpha value is -4.40. The molecule has 0 saturated carbocycles. The Morgan fingerprint density at radius 3 is 2.53 bits per heavy atom. The van der Waals surface area contributed by atoms with E-state index in [1.165, 1.54) is 41.4 Å². The fourth-order valence-corrected chi connectivity index (χ4v) is 3.93. The number of pyridine rings is 1. The summed E-state index contributed by atoms with van der Waals surface area (Å²) in [6.45, 7) is 1.83. The lowest BCUT2D eigenvalue weighted by molar-refractivity contribution is -0.384. The number of halogens is 1. The van der Waals surface area contributed by atoms with Crippen molar-refractivity contribution in [3.8, 4) is 0 Å². The molecule has 1 amide bonds. The second kappa shape index (κ2) is 7.09. The molecule has 3 heterocycles. The van der Waals surface area contributed by atoms with Crippen LogP contribution in [0.1, 0.15) is 33.3 Å². The second-order valence-electron chi connectivity index (χ2n) is 7.43. The summed E-state index contributed by atoms with van der Waals surface area (Å²) in [5.74, 6) is -1.07. The molecule has 32 heavy (non-hydrogen) atoms. The highest BCUT2D eigenvalue weighted by molar-refractivity contribution is 6.10. The summed E-state index contributed by atoms with van der Waals surface area (Å²) in [5, 5.41) is 11.1. The van der Waals surface area contributed by atoms with Gasteiger partial charge < -0.3 is 4.42 Å². The molecule has 1 aliphatic heterocycles. The summed E-state index contributed by atoms with van der Waals surface area (Å²) in [6.07, 6.45) is 1.54. The standard InChI is InChI=1S/C23H14FN3O5/c1-12-8-9-25-18(10-12)26-20(13-2-5-15(6-3-13)27(30)31)19-21(28)16-11-14(24)4-7-17(16)32-22(19)23(26)29/h2-11,20H,1H3/t20-/m1/s1. The summed E-state index contributed by atoms with van der Waals surface area (Å²) in [6, 6.07) is 11.5. The van der Waals surface area contributed by atoms with E-state index in [9.17, 15) is 24.1 Å². The van der Waals surface area contributed by atoms with Crippen LogP contribution in [0.3, 0.4) is 0 Å². The van der Waals surface area contributed by atoms with E-state index in [0.29, 0.717) is 11.4 Å². The quantitative estimate of drug-likeness (QED) is 0.354. The number of hydrogen-bond acceptors (Lipinski definition) is 6. The molecule has 2 aromatic heterocycles. The Kier molecular flexibility index (Phi) is 4.33. The zero-order valence-corrected chi connectivity index (χ0v) is 16.6. The Bertz CT molecular complexity index is 1480. The summed E-state index contributed by atoms with van der Waals surface area (Å²) < 4.78 is 19.6. The number of fused-ring (bicyclic) bond motifs is 2. The van der Waals surface area contributed by atoms with Gasteiger partial charge in [0.15, 0.2) is 5.43 Å². The van der Waals surface area contributed by atoms with Crippen LogP contribution >= 0.6 is 0 Å². The van der Waals surface area contributed by atoms with Gasteiger partial charge in [-0.15, -0.1) is 0 Å². The molecule has 0 bridgehead atoms. The first-order valence-corrected chi connectivity index (χ1v) is 9.62. The van der Waals surface area contributed by atoms with Crippen molar-refractivity contribution >= 4 is 28.4 Å². The van der Waals surface area contributed by atoms with Gasteiger partial charge in [-0.25, -0.2) is 9.37 Å². The first kappa shape index (κ1) is 19.6. The maximum atomic E-state index is 13.8. The van der Waals surface area contributed by atoms with Gasteiger partial charge in [0.1, 0.15) is 17.2 Å². The third-order valence-electron chi connectivity index (χ3n) is 5.40. The highest BCUT2D eigenvalue weighted by Crippen LogP contribution is 2.41. The van der Waals surface area contributed by atoms with E-state index in [-0.39, 0.29) is 28.0 Å². The van der Waals surface area contributed by atoms with Crippen LogP contribution in [-0.2, 0) is 0 Å². The number of nitro benzene ring substituents is 1. The minimum absolute atomic E-state index is 0.00233. The van der Waals surface area contributed by atoms with Gasteiger partial charge in [0.05, 0.1) is 21.9 Å². The Balaban J connectivity index is 1.80. The van der Waals surface area contributed by atoms with E-state index < -0.39 is 28.1 Å². The van der Waals surface area contributed by atoms with E-state index in [1.807, 2.05) is 6.92 Å². The maximum Gasteiger partial charge on any atom is 0.296 e. The average Bonchev–Trinajstić information content (AvgIpc) is 3.07. The summed E-state index contributed by atoms with van der Waals surface area (Å²) in [4.78, 5) is 42.9. The lowest BCUT2D eigenvalue weighted by Crippen LogP contribution is -2.30. The normalized spacial score (nSPS) is 15.2. The van der Waals surface area contributed by atoms with Crippen LogP contribution in [0, 0.1) is 22.9 Å². The molecule has 0 fully saturated rings. The minimum Gasteiger partial charge on any atom is -0.450 e. The molecule has 158 valence electrons. The van der Waals surface area contributed by atoms with Gasteiger partial charge in [-0.1, -0.05) is 0 Å². The molecule has 8 nitrogen and oxygen atoms in total. The molecule has 9 heteroatoms. The number of nitro groups is 1. The monoisotopic (exact) mass is 431 g/mol. The molecule has 0 aliphatic carbocycles. The third kappa shape index (κ3) is 2.94. The lowest BCUT2D eigenvalue weighted by atomic mass is 9.98. The smallest absolute Gasteiger partial charge is 0.296 e. The van der Waals surface area contributed by atoms with Crippen molar-refractivity contribution in [1.82, 2.24) is 4.98 Å². The number of rotatable bonds is 3. The molecule has 0 radical (unpaired) electrons. The molecule has 0 N–H and O–H groups in total. The van der Waals surface area contributed by atoms with Gasteiger partial charge in [-0.3, -0.25) is 24.6 Å². The summed E-state index contributed by atoms with van der Waals surface area (Å²) >= 11 is 0. The van der Waals surface area contributed by atoms with Crippen LogP contribution in [0.2, 0.25) is 0 Å². The van der Waals surface area contributed by atoms with Gasteiger partial charge in [0, 0.05) is 18.3 Å². The van der Waals surface area contributed by atoms with Gasteiger partial charge >= 0.3 is 0 Å². The van der Waals surface area contributed by atoms with Crippen LogP contribution in [0.25, 0.3) is 11.0 Å². The number of aryl methyl sites for hydroxylation is 1. The molecule has 0 unspecified atom stereocenters. The van der Waals surface area contributed by atoms with Crippen molar-refractivity contribution in [3.05, 3.63) is 109 Å². The number of anilines is 1. The topological polar surface area (TPSA) is 107 Å². The largest absolute Gasteiger partial charge is 0.450 e. The number of carbonyl (C=O) groups excluding carboxylic acids is 1. The van der Waals surface area contributed by atoms with Crippen LogP contribution in [0.5, 0.6) is 0 Å². The van der Waals surface area contributed by atoms with Crippen molar-refractivity contribution in [2.24, 2.45) is 0 Å². The lowest BCUT2D eigenvalue weighted by Gasteiger charge is -2.24. The van der Waals surface area contributed by atoms with Crippen molar-refractivity contribution < 1.29 is 18.5 Å². The SMILES string of the molecule is Cc1ccnc(N2C(=O)c3oc4ccc(F)cc4c(=O)c3[C@H]2c2ccc([N+](=O)[O-])cc2)c1. The second-order valence-corrected chi connectivity index (χ2v) is 7.43. The predicted molar refractivity (Wildman–Crippen MR) is 113 cm³/mol. The van der Waals surface area contributed by atoms with Gasteiger partial charge in [-0.05, 0) is 60.5 Å². The average molecular weight is 431 g/mol. The Labute approximate surface area is 179 Å². The van der Waals surface area contributed by atoms with E-state index in [4.69, 9.17) is 4.42 Å². The molecular weight excluding hydrogens is 417 g/mol. The molecule has 0 saturated heterocycles. The number of hydrogen-bond donors (Lipinski definition) is 0. The predicted octanol–water partition coefficient (Wildman–Crippen LogP) is 4.29. The summed E-state index contributed by atoms with van der Waals surface area (Å²) in [5.41, 5.74) is 0.732. The van der Waals surface area contributed by atoms with Crippen molar-refractivity contribution in [2.75, 3.05) is 4.90 Å². The van der Waals surface area contributed by atoms with Crippen LogP contribution in [0.4, 0.5) is 15.9 Å². The molecule has 4 aromatic rings. The third-order valence-corrected chi connectivity index (χ3v) is 5.40. The molecule has 2 aromatic carbocycles. The molecule has 0 spiro atoms. The zero-order chi connectivity index (χ0) is 22.6. The fourth-order valence-electron chi connectivity index (χ4n) is 3.93. The van der Waals surface area contributed by atoms with Crippen LogP contribution < -0.4 is 10.3 Å². The number of benzene rings is 2. The first-order valence-electron chi connectivity index (χ1n) is 9.62. The van der Waals surface area contributed by atoms with E-state index in [2.05, 4.69) is 4.98 Å². The molecular formula is C23H14FN3O5. The van der Waals surface area contributed by atoms with Gasteiger partial charge in [-0.2, -0.15) is 0 Å². The highest BCUT2D eigenvalue weighted by atomic mass is 19.1. The maximum absolute atomic E-state index is 13.8. The van der Waals surface area contributed by atoms with Gasteiger partial charge in [0.2, 0.25) is 5.76 Å². The number of non-ortho nitro benzene ring substituents is 1. The highest BCUT2D eigenvalue weighted by Gasteiger charge is 2.44.